The molecule has 2 rings (SSSR count). The van der Waals surface area contributed by atoms with Crippen molar-refractivity contribution in [2.24, 2.45) is 11.8 Å². The molecular weight excluding hydrogens is 228 g/mol. The van der Waals surface area contributed by atoms with Gasteiger partial charge in [-0.25, -0.2) is 0 Å². The van der Waals surface area contributed by atoms with Gasteiger partial charge in [-0.2, -0.15) is 0 Å². The van der Waals surface area contributed by atoms with Gasteiger partial charge in [0.1, 0.15) is 5.75 Å². The van der Waals surface area contributed by atoms with Crippen LogP contribution in [-0.4, -0.2) is 13.0 Å². The van der Waals surface area contributed by atoms with Crippen molar-refractivity contribution in [1.29, 1.82) is 0 Å². The lowest BCUT2D eigenvalue weighted by Crippen LogP contribution is -2.24. The molecule has 4 nitrogen and oxygen atoms in total. The van der Waals surface area contributed by atoms with Gasteiger partial charge in [0.25, 0.3) is 0 Å². The summed E-state index contributed by atoms with van der Waals surface area (Å²) in [5, 5.41) is 2.91. The highest BCUT2D eigenvalue weighted by atomic mass is 16.5. The molecule has 3 N–H and O–H groups in total. The van der Waals surface area contributed by atoms with Crippen LogP contribution in [0.4, 0.5) is 11.4 Å². The van der Waals surface area contributed by atoms with Gasteiger partial charge >= 0.3 is 0 Å². The summed E-state index contributed by atoms with van der Waals surface area (Å²) < 4.78 is 5.08. The molecule has 4 heteroatoms. The standard InChI is InChI=1S/C14H20N2O2/c1-9-4-3-5-11(9)14(17)16-13-7-6-10(18-2)8-12(13)15/h6-9,11H,3-5,15H2,1-2H3,(H,16,17). The van der Waals surface area contributed by atoms with Crippen molar-refractivity contribution in [2.45, 2.75) is 26.2 Å². The van der Waals surface area contributed by atoms with E-state index in [1.54, 1.807) is 25.3 Å². The maximum absolute atomic E-state index is 12.1. The molecule has 0 bridgehead atoms. The third kappa shape index (κ3) is 2.58. The predicted octanol–water partition coefficient (Wildman–Crippen LogP) is 2.65. The van der Waals surface area contributed by atoms with Crippen LogP contribution in [0.25, 0.3) is 0 Å². The van der Waals surface area contributed by atoms with E-state index in [9.17, 15) is 4.79 Å². The Morgan fingerprint density at radius 1 is 1.44 bits per heavy atom. The second-order valence-corrected chi connectivity index (χ2v) is 4.96. The number of nitrogens with one attached hydrogen (secondary N) is 1. The van der Waals surface area contributed by atoms with Gasteiger partial charge in [-0.15, -0.1) is 0 Å². The van der Waals surface area contributed by atoms with E-state index in [0.717, 1.165) is 19.3 Å². The summed E-state index contributed by atoms with van der Waals surface area (Å²) in [5.41, 5.74) is 7.09. The number of carbonyl (C=O) groups excluding carboxylic acids is 1. The third-order valence-electron chi connectivity index (χ3n) is 3.71. The van der Waals surface area contributed by atoms with Gasteiger partial charge < -0.3 is 15.8 Å². The van der Waals surface area contributed by atoms with Crippen LogP contribution < -0.4 is 15.8 Å². The van der Waals surface area contributed by atoms with Crippen molar-refractivity contribution < 1.29 is 9.53 Å². The second kappa shape index (κ2) is 5.29. The van der Waals surface area contributed by atoms with Crippen LogP contribution in [0.3, 0.4) is 0 Å². The van der Waals surface area contributed by atoms with E-state index in [0.29, 0.717) is 23.0 Å². The molecule has 1 aromatic carbocycles. The van der Waals surface area contributed by atoms with Crippen LogP contribution in [0.2, 0.25) is 0 Å². The normalized spacial score (nSPS) is 22.8. The predicted molar refractivity (Wildman–Crippen MR) is 72.5 cm³/mol. The molecule has 2 unspecified atom stereocenters. The van der Waals surface area contributed by atoms with Gasteiger partial charge in [-0.3, -0.25) is 4.79 Å². The van der Waals surface area contributed by atoms with Crippen molar-refractivity contribution in [1.82, 2.24) is 0 Å². The second-order valence-electron chi connectivity index (χ2n) is 4.96. The van der Waals surface area contributed by atoms with E-state index in [-0.39, 0.29) is 11.8 Å². The van der Waals surface area contributed by atoms with Gasteiger partial charge in [0, 0.05) is 12.0 Å². The number of rotatable bonds is 3. The smallest absolute Gasteiger partial charge is 0.227 e. The fraction of sp³-hybridized carbons (Fsp3) is 0.500. The van der Waals surface area contributed by atoms with Crippen molar-refractivity contribution in [2.75, 3.05) is 18.2 Å². The van der Waals surface area contributed by atoms with Gasteiger partial charge in [-0.1, -0.05) is 13.3 Å². The molecule has 1 aromatic rings. The first-order chi connectivity index (χ1) is 8.61. The maximum atomic E-state index is 12.1. The zero-order valence-corrected chi connectivity index (χ0v) is 10.9. The van der Waals surface area contributed by atoms with E-state index in [2.05, 4.69) is 12.2 Å². The summed E-state index contributed by atoms with van der Waals surface area (Å²) in [7, 11) is 1.59. The molecule has 18 heavy (non-hydrogen) atoms. The molecule has 1 aliphatic carbocycles. The average Bonchev–Trinajstić information content (AvgIpc) is 2.78. The molecule has 1 fully saturated rings. The summed E-state index contributed by atoms with van der Waals surface area (Å²) in [6.07, 6.45) is 3.25. The number of carbonyl (C=O) groups is 1. The molecular formula is C14H20N2O2. The number of methoxy groups -OCH3 is 1. The highest BCUT2D eigenvalue weighted by Crippen LogP contribution is 2.33. The minimum Gasteiger partial charge on any atom is -0.497 e. The lowest BCUT2D eigenvalue weighted by Gasteiger charge is -2.16. The summed E-state index contributed by atoms with van der Waals surface area (Å²) in [6, 6.07) is 5.30. The Morgan fingerprint density at radius 3 is 2.78 bits per heavy atom. The Bertz CT molecular complexity index is 445. The lowest BCUT2D eigenvalue weighted by atomic mass is 9.97. The summed E-state index contributed by atoms with van der Waals surface area (Å²) >= 11 is 0. The highest BCUT2D eigenvalue weighted by Gasteiger charge is 2.29. The van der Waals surface area contributed by atoms with E-state index < -0.39 is 0 Å². The first-order valence-corrected chi connectivity index (χ1v) is 6.36. The minimum absolute atomic E-state index is 0.0804. The quantitative estimate of drug-likeness (QED) is 0.808. The summed E-state index contributed by atoms with van der Waals surface area (Å²) in [6.45, 7) is 2.13. The van der Waals surface area contributed by atoms with Crippen molar-refractivity contribution >= 4 is 17.3 Å². The van der Waals surface area contributed by atoms with Crippen LogP contribution in [0.5, 0.6) is 5.75 Å². The number of hydrogen-bond donors (Lipinski definition) is 2. The molecule has 0 heterocycles. The van der Waals surface area contributed by atoms with Crippen LogP contribution in [0, 0.1) is 11.8 Å². The SMILES string of the molecule is COc1ccc(NC(=O)C2CCCC2C)c(N)c1. The molecule has 98 valence electrons. The minimum atomic E-state index is 0.0804. The van der Waals surface area contributed by atoms with Crippen LogP contribution >= 0.6 is 0 Å². The van der Waals surface area contributed by atoms with E-state index >= 15 is 0 Å². The maximum Gasteiger partial charge on any atom is 0.227 e. The molecule has 1 amide bonds. The summed E-state index contributed by atoms with van der Waals surface area (Å²) in [4.78, 5) is 12.1. The van der Waals surface area contributed by atoms with Crippen LogP contribution in [-0.2, 0) is 4.79 Å². The Morgan fingerprint density at radius 2 is 2.22 bits per heavy atom. The Hall–Kier alpha value is -1.71. The van der Waals surface area contributed by atoms with Gasteiger partial charge in [0.05, 0.1) is 18.5 Å². The highest BCUT2D eigenvalue weighted by molar-refractivity contribution is 5.95. The van der Waals surface area contributed by atoms with E-state index in [1.165, 1.54) is 0 Å². The third-order valence-corrected chi connectivity index (χ3v) is 3.71. The molecule has 0 aliphatic heterocycles. The van der Waals surface area contributed by atoms with Gasteiger partial charge in [0.15, 0.2) is 0 Å². The number of anilines is 2. The Balaban J connectivity index is 2.07. The number of hydrogen-bond acceptors (Lipinski definition) is 3. The molecule has 0 aromatic heterocycles. The zero-order chi connectivity index (χ0) is 13.1. The van der Waals surface area contributed by atoms with Crippen molar-refractivity contribution in [3.05, 3.63) is 18.2 Å². The number of amides is 1. The molecule has 0 spiro atoms. The summed E-state index contributed by atoms with van der Waals surface area (Å²) in [5.74, 6) is 1.35. The monoisotopic (exact) mass is 248 g/mol. The number of ether oxygens (including phenoxy) is 1. The number of nitrogens with two attached hydrogens (primary N) is 1. The van der Waals surface area contributed by atoms with Gasteiger partial charge in [-0.05, 0) is 30.9 Å². The molecule has 0 saturated heterocycles. The fourth-order valence-corrected chi connectivity index (χ4v) is 2.54. The molecule has 1 aliphatic rings. The van der Waals surface area contributed by atoms with Gasteiger partial charge in [0.2, 0.25) is 5.91 Å². The molecule has 2 atom stereocenters. The zero-order valence-electron chi connectivity index (χ0n) is 10.9. The molecule has 0 radical (unpaired) electrons. The molecule has 1 saturated carbocycles. The average molecular weight is 248 g/mol. The first-order valence-electron chi connectivity index (χ1n) is 6.36. The van der Waals surface area contributed by atoms with Crippen molar-refractivity contribution in [3.63, 3.8) is 0 Å². The van der Waals surface area contributed by atoms with Crippen LogP contribution in [0.1, 0.15) is 26.2 Å². The first kappa shape index (κ1) is 12.7. The largest absolute Gasteiger partial charge is 0.497 e. The lowest BCUT2D eigenvalue weighted by molar-refractivity contribution is -0.120. The number of nitrogen functional groups attached to an aromatic ring is 1. The van der Waals surface area contributed by atoms with E-state index in [4.69, 9.17) is 10.5 Å². The Kier molecular flexibility index (Phi) is 3.75. The number of benzene rings is 1. The van der Waals surface area contributed by atoms with Crippen molar-refractivity contribution in [3.8, 4) is 5.75 Å². The fourth-order valence-electron chi connectivity index (χ4n) is 2.54. The van der Waals surface area contributed by atoms with E-state index in [1.807, 2.05) is 0 Å². The topological polar surface area (TPSA) is 64.3 Å². The Labute approximate surface area is 108 Å². The van der Waals surface area contributed by atoms with Crippen LogP contribution in [0.15, 0.2) is 18.2 Å².